The Morgan fingerprint density at radius 2 is 1.95 bits per heavy atom. The molecule has 3 heterocycles. The number of anilines is 1. The van der Waals surface area contributed by atoms with Crippen LogP contribution in [-0.2, 0) is 7.05 Å². The maximum Gasteiger partial charge on any atom is 0.287 e. The zero-order valence-corrected chi connectivity index (χ0v) is 13.7. The number of aromatic nitrogens is 2. The van der Waals surface area contributed by atoms with Crippen LogP contribution in [0.4, 0.5) is 5.69 Å². The van der Waals surface area contributed by atoms with E-state index in [0.29, 0.717) is 5.25 Å². The van der Waals surface area contributed by atoms with Crippen LogP contribution in [0.3, 0.4) is 0 Å². The van der Waals surface area contributed by atoms with Crippen LogP contribution in [0.1, 0.15) is 6.92 Å². The molecule has 0 saturated carbocycles. The van der Waals surface area contributed by atoms with Gasteiger partial charge in [0.25, 0.3) is 5.56 Å². The molecule has 114 valence electrons. The second kappa shape index (κ2) is 5.88. The van der Waals surface area contributed by atoms with Crippen LogP contribution < -0.4 is 10.5 Å². The molecule has 0 bridgehead atoms. The number of rotatable bonds is 1. The van der Waals surface area contributed by atoms with Crippen molar-refractivity contribution in [2.45, 2.75) is 12.2 Å². The zero-order valence-electron chi connectivity index (χ0n) is 12.1. The highest BCUT2D eigenvalue weighted by molar-refractivity contribution is 8.14. The summed E-state index contributed by atoms with van der Waals surface area (Å²) in [7, 11) is 1.60. The molecule has 3 rings (SSSR count). The molecular formula is C13H18ClN5OS. The van der Waals surface area contributed by atoms with Crippen LogP contribution in [0, 0.1) is 0 Å². The normalized spacial score (nSPS) is 22.6. The van der Waals surface area contributed by atoms with Crippen molar-refractivity contribution in [1.82, 2.24) is 14.7 Å². The first-order valence-electron chi connectivity index (χ1n) is 6.99. The molecule has 1 unspecified atom stereocenters. The van der Waals surface area contributed by atoms with Gasteiger partial charge in [-0.2, -0.15) is 5.10 Å². The molecule has 8 heteroatoms. The Hall–Kier alpha value is -1.21. The Balaban J connectivity index is 1.69. The van der Waals surface area contributed by atoms with Gasteiger partial charge in [0.2, 0.25) is 0 Å². The molecule has 2 aliphatic rings. The number of thioether (sulfide) groups is 1. The standard InChI is InChI=1S/C13H18ClN5OS/c1-9-7-15-13(21-9)19-5-3-18(4-6-19)10-8-16-17(2)12(20)11(10)14/h8-9H,3-7H2,1-2H3. The van der Waals surface area contributed by atoms with Gasteiger partial charge < -0.3 is 9.80 Å². The molecule has 21 heavy (non-hydrogen) atoms. The number of aryl methyl sites for hydroxylation is 1. The third-order valence-electron chi connectivity index (χ3n) is 3.74. The molecule has 1 fully saturated rings. The molecule has 0 N–H and O–H groups in total. The van der Waals surface area contributed by atoms with Crippen molar-refractivity contribution in [1.29, 1.82) is 0 Å². The SMILES string of the molecule is CC1CN=C(N2CCN(c3cnn(C)c(=O)c3Cl)CC2)S1. The quantitative estimate of drug-likeness (QED) is 0.771. The van der Waals surface area contributed by atoms with E-state index in [-0.39, 0.29) is 10.6 Å². The molecule has 1 aromatic rings. The highest BCUT2D eigenvalue weighted by Crippen LogP contribution is 2.26. The lowest BCUT2D eigenvalue weighted by Crippen LogP contribution is -2.48. The number of nitrogens with zero attached hydrogens (tertiary/aromatic N) is 5. The van der Waals surface area contributed by atoms with Crippen LogP contribution in [-0.4, -0.2) is 57.8 Å². The molecule has 1 atom stereocenters. The molecule has 1 saturated heterocycles. The fraction of sp³-hybridized carbons (Fsp3) is 0.615. The molecule has 0 spiro atoms. The predicted molar refractivity (Wildman–Crippen MR) is 87.6 cm³/mol. The Morgan fingerprint density at radius 1 is 1.29 bits per heavy atom. The van der Waals surface area contributed by atoms with Crippen molar-refractivity contribution in [3.63, 3.8) is 0 Å². The van der Waals surface area contributed by atoms with Gasteiger partial charge in [0, 0.05) is 38.5 Å². The van der Waals surface area contributed by atoms with E-state index >= 15 is 0 Å². The van der Waals surface area contributed by atoms with Crippen molar-refractivity contribution < 1.29 is 0 Å². The van der Waals surface area contributed by atoms with Crippen LogP contribution in [0.2, 0.25) is 5.02 Å². The van der Waals surface area contributed by atoms with E-state index in [2.05, 4.69) is 26.8 Å². The Kier molecular flexibility index (Phi) is 4.12. The monoisotopic (exact) mass is 327 g/mol. The predicted octanol–water partition coefficient (Wildman–Crippen LogP) is 1.05. The summed E-state index contributed by atoms with van der Waals surface area (Å²) in [5.74, 6) is 0. The molecule has 0 aromatic carbocycles. The topological polar surface area (TPSA) is 53.7 Å². The molecule has 0 amide bonds. The summed E-state index contributed by atoms with van der Waals surface area (Å²) in [4.78, 5) is 20.9. The van der Waals surface area contributed by atoms with Gasteiger partial charge in [-0.25, -0.2) is 4.68 Å². The maximum atomic E-state index is 11.9. The first-order valence-corrected chi connectivity index (χ1v) is 8.25. The summed E-state index contributed by atoms with van der Waals surface area (Å²) in [6.07, 6.45) is 1.67. The smallest absolute Gasteiger partial charge is 0.287 e. The van der Waals surface area contributed by atoms with E-state index in [4.69, 9.17) is 11.6 Å². The Bertz CT molecular complexity index is 623. The average molecular weight is 328 g/mol. The fourth-order valence-corrected chi connectivity index (χ4v) is 3.78. The lowest BCUT2D eigenvalue weighted by Gasteiger charge is -2.36. The van der Waals surface area contributed by atoms with Crippen LogP contribution in [0.5, 0.6) is 0 Å². The average Bonchev–Trinajstić information content (AvgIpc) is 2.92. The van der Waals surface area contributed by atoms with E-state index in [1.807, 2.05) is 11.8 Å². The number of hydrogen-bond acceptors (Lipinski definition) is 6. The molecular weight excluding hydrogens is 310 g/mol. The molecule has 0 aliphatic carbocycles. The summed E-state index contributed by atoms with van der Waals surface area (Å²) in [6, 6.07) is 0. The second-order valence-corrected chi connectivity index (χ2v) is 7.08. The van der Waals surface area contributed by atoms with E-state index in [9.17, 15) is 4.79 Å². The van der Waals surface area contributed by atoms with Crippen molar-refractivity contribution in [2.24, 2.45) is 12.0 Å². The van der Waals surface area contributed by atoms with Gasteiger partial charge in [0.15, 0.2) is 5.17 Å². The van der Waals surface area contributed by atoms with Gasteiger partial charge in [-0.1, -0.05) is 30.3 Å². The number of hydrogen-bond donors (Lipinski definition) is 0. The minimum Gasteiger partial charge on any atom is -0.365 e. The number of piperazine rings is 1. The lowest BCUT2D eigenvalue weighted by molar-refractivity contribution is 0.392. The summed E-state index contributed by atoms with van der Waals surface area (Å²) in [5.41, 5.74) is 0.481. The number of halogens is 1. The van der Waals surface area contributed by atoms with E-state index in [0.717, 1.165) is 43.6 Å². The third-order valence-corrected chi connectivity index (χ3v) is 5.25. The van der Waals surface area contributed by atoms with E-state index < -0.39 is 0 Å². The van der Waals surface area contributed by atoms with Crippen LogP contribution in [0.15, 0.2) is 16.0 Å². The van der Waals surface area contributed by atoms with Gasteiger partial charge in [-0.05, 0) is 0 Å². The second-order valence-electron chi connectivity index (χ2n) is 5.30. The van der Waals surface area contributed by atoms with Crippen molar-refractivity contribution in [3.8, 4) is 0 Å². The Morgan fingerprint density at radius 3 is 2.57 bits per heavy atom. The first-order chi connectivity index (χ1) is 10.1. The molecule has 2 aliphatic heterocycles. The van der Waals surface area contributed by atoms with Crippen LogP contribution >= 0.6 is 23.4 Å². The van der Waals surface area contributed by atoms with Crippen LogP contribution in [0.25, 0.3) is 0 Å². The molecule has 0 radical (unpaired) electrons. The van der Waals surface area contributed by atoms with Crippen molar-refractivity contribution in [3.05, 3.63) is 21.6 Å². The van der Waals surface area contributed by atoms with E-state index in [1.54, 1.807) is 13.2 Å². The third kappa shape index (κ3) is 2.89. The zero-order chi connectivity index (χ0) is 15.0. The summed E-state index contributed by atoms with van der Waals surface area (Å²) < 4.78 is 1.26. The maximum absolute atomic E-state index is 11.9. The molecule has 1 aromatic heterocycles. The van der Waals surface area contributed by atoms with Gasteiger partial charge in [0.1, 0.15) is 5.02 Å². The highest BCUT2D eigenvalue weighted by atomic mass is 35.5. The van der Waals surface area contributed by atoms with Crippen molar-refractivity contribution >= 4 is 34.2 Å². The first kappa shape index (κ1) is 14.7. The lowest BCUT2D eigenvalue weighted by atomic mass is 10.3. The van der Waals surface area contributed by atoms with Gasteiger partial charge >= 0.3 is 0 Å². The fourth-order valence-electron chi connectivity index (χ4n) is 2.50. The van der Waals surface area contributed by atoms with Gasteiger partial charge in [-0.3, -0.25) is 9.79 Å². The molecule has 6 nitrogen and oxygen atoms in total. The Labute approximate surface area is 132 Å². The summed E-state index contributed by atoms with van der Waals surface area (Å²) >= 11 is 8.00. The highest BCUT2D eigenvalue weighted by Gasteiger charge is 2.26. The van der Waals surface area contributed by atoms with Gasteiger partial charge in [0.05, 0.1) is 18.4 Å². The largest absolute Gasteiger partial charge is 0.365 e. The summed E-state index contributed by atoms with van der Waals surface area (Å²) in [5, 5.41) is 6.04. The summed E-state index contributed by atoms with van der Waals surface area (Å²) in [6.45, 7) is 6.53. The minimum atomic E-state index is -0.249. The van der Waals surface area contributed by atoms with E-state index in [1.165, 1.54) is 4.68 Å². The number of amidine groups is 1. The van der Waals surface area contributed by atoms with Gasteiger partial charge in [-0.15, -0.1) is 0 Å². The number of aliphatic imine (C=N–C) groups is 1. The minimum absolute atomic E-state index is 0.249. The van der Waals surface area contributed by atoms with Crippen molar-refractivity contribution in [2.75, 3.05) is 37.6 Å².